The Labute approximate surface area is 103 Å². The third-order valence-corrected chi connectivity index (χ3v) is 3.03. The third kappa shape index (κ3) is 3.49. The van der Waals surface area contributed by atoms with Crippen molar-refractivity contribution < 1.29 is 5.03 Å². The van der Waals surface area contributed by atoms with E-state index in [0.29, 0.717) is 5.69 Å². The summed E-state index contributed by atoms with van der Waals surface area (Å²) in [5.41, 5.74) is 2.62. The van der Waals surface area contributed by atoms with Crippen LogP contribution in [0.4, 0.5) is 5.69 Å². The van der Waals surface area contributed by atoms with E-state index in [1.54, 1.807) is 30.0 Å². The smallest absolute Gasteiger partial charge is 0.162 e. The average Bonchev–Trinajstić information content (AvgIpc) is 2.30. The highest BCUT2D eigenvalue weighted by molar-refractivity contribution is 7.99. The molecule has 5 heteroatoms. The summed E-state index contributed by atoms with van der Waals surface area (Å²) in [7, 11) is 0. The van der Waals surface area contributed by atoms with Gasteiger partial charge < -0.3 is 0 Å². The summed E-state index contributed by atoms with van der Waals surface area (Å²) >= 11 is 1.57. The number of rotatable bonds is 4. The number of anilines is 1. The van der Waals surface area contributed by atoms with E-state index < -0.39 is 5.03 Å². The highest BCUT2D eigenvalue weighted by Gasteiger charge is 2.01. The van der Waals surface area contributed by atoms with Crippen molar-refractivity contribution in [2.24, 2.45) is 0 Å². The molecule has 2 rings (SSSR count). The fourth-order valence-electron chi connectivity index (χ4n) is 1.36. The van der Waals surface area contributed by atoms with Gasteiger partial charge in [0.25, 0.3) is 0 Å². The predicted molar refractivity (Wildman–Crippen MR) is 67.6 cm³/mol. The molecule has 0 fully saturated rings. The van der Waals surface area contributed by atoms with Crippen LogP contribution in [0.5, 0.6) is 0 Å². The second-order valence-corrected chi connectivity index (χ2v) is 4.46. The topological polar surface area (TPSA) is 55.2 Å². The van der Waals surface area contributed by atoms with Gasteiger partial charge in [0.05, 0.1) is 0 Å². The first-order valence-electron chi connectivity index (χ1n) is 4.98. The minimum Gasteiger partial charge on any atom is -0.235 e. The molecule has 0 heterocycles. The molecule has 0 atom stereocenters. The van der Waals surface area contributed by atoms with Crippen LogP contribution in [0, 0.1) is 10.1 Å². The molecule has 1 N–H and O–H groups in total. The first-order valence-corrected chi connectivity index (χ1v) is 5.80. The maximum absolute atomic E-state index is 10.3. The zero-order chi connectivity index (χ0) is 12.1. The fourth-order valence-corrected chi connectivity index (χ4v) is 2.26. The second kappa shape index (κ2) is 5.36. The van der Waals surface area contributed by atoms with E-state index >= 15 is 0 Å². The summed E-state index contributed by atoms with van der Waals surface area (Å²) in [5, 5.41) is 9.76. The van der Waals surface area contributed by atoms with Crippen LogP contribution in [0.15, 0.2) is 64.4 Å². The van der Waals surface area contributed by atoms with Crippen LogP contribution in [-0.2, 0) is 0 Å². The van der Waals surface area contributed by atoms with E-state index in [-0.39, 0.29) is 0 Å². The van der Waals surface area contributed by atoms with Crippen molar-refractivity contribution in [2.75, 3.05) is 5.43 Å². The van der Waals surface area contributed by atoms with Crippen molar-refractivity contribution in [3.63, 3.8) is 0 Å². The molecule has 0 aliphatic heterocycles. The number of nitrogens with one attached hydrogen (secondary N) is 1. The molecule has 0 aromatic heterocycles. The van der Waals surface area contributed by atoms with Gasteiger partial charge in [0.15, 0.2) is 5.03 Å². The van der Waals surface area contributed by atoms with Gasteiger partial charge in [0.1, 0.15) is 5.69 Å². The largest absolute Gasteiger partial charge is 0.235 e. The summed E-state index contributed by atoms with van der Waals surface area (Å²) in [5.74, 6) is 0. The van der Waals surface area contributed by atoms with Crippen molar-refractivity contribution in [3.8, 4) is 0 Å². The highest BCUT2D eigenvalue weighted by Crippen LogP contribution is 2.28. The Morgan fingerprint density at radius 2 is 1.71 bits per heavy atom. The van der Waals surface area contributed by atoms with Crippen molar-refractivity contribution in [2.45, 2.75) is 9.79 Å². The van der Waals surface area contributed by atoms with Crippen LogP contribution in [0.3, 0.4) is 0 Å². The number of benzene rings is 2. The third-order valence-electron chi connectivity index (χ3n) is 2.03. The van der Waals surface area contributed by atoms with Crippen LogP contribution in [0.25, 0.3) is 0 Å². The molecular weight excluding hydrogens is 236 g/mol. The van der Waals surface area contributed by atoms with Crippen LogP contribution in [0.1, 0.15) is 0 Å². The van der Waals surface area contributed by atoms with Gasteiger partial charge >= 0.3 is 0 Å². The van der Waals surface area contributed by atoms with E-state index in [2.05, 4.69) is 5.43 Å². The Morgan fingerprint density at radius 3 is 2.41 bits per heavy atom. The Hall–Kier alpha value is -2.01. The van der Waals surface area contributed by atoms with E-state index in [9.17, 15) is 10.1 Å². The SMILES string of the molecule is O=[N+]([O-])Nc1cccc(Sc2ccccc2)c1. The molecule has 0 spiro atoms. The monoisotopic (exact) mass is 246 g/mol. The van der Waals surface area contributed by atoms with Crippen LogP contribution in [0.2, 0.25) is 0 Å². The fraction of sp³-hybridized carbons (Fsp3) is 0. The zero-order valence-electron chi connectivity index (χ0n) is 8.87. The molecule has 4 nitrogen and oxygen atoms in total. The van der Waals surface area contributed by atoms with Crippen molar-refractivity contribution in [1.82, 2.24) is 0 Å². The number of hydrogen-bond acceptors (Lipinski definition) is 3. The lowest BCUT2D eigenvalue weighted by atomic mass is 10.3. The molecule has 2 aromatic rings. The molecule has 0 radical (unpaired) electrons. The van der Waals surface area contributed by atoms with E-state index in [1.807, 2.05) is 36.4 Å². The lowest BCUT2D eigenvalue weighted by molar-refractivity contribution is -0.445. The molecule has 0 saturated carbocycles. The number of hydrogen-bond donors (Lipinski definition) is 1. The maximum Gasteiger partial charge on any atom is 0.162 e. The van der Waals surface area contributed by atoms with Crippen molar-refractivity contribution in [3.05, 3.63) is 64.7 Å². The second-order valence-electron chi connectivity index (χ2n) is 3.31. The Morgan fingerprint density at radius 1 is 1.00 bits per heavy atom. The van der Waals surface area contributed by atoms with Crippen molar-refractivity contribution in [1.29, 1.82) is 0 Å². The van der Waals surface area contributed by atoms with E-state index in [1.165, 1.54) is 0 Å². The van der Waals surface area contributed by atoms with E-state index in [4.69, 9.17) is 0 Å². The molecule has 17 heavy (non-hydrogen) atoms. The molecule has 0 unspecified atom stereocenters. The van der Waals surface area contributed by atoms with Gasteiger partial charge in [-0.25, -0.2) is 10.1 Å². The zero-order valence-corrected chi connectivity index (χ0v) is 9.68. The standard InChI is InChI=1S/C12H10N2O2S/c15-14(16)13-10-5-4-8-12(9-10)17-11-6-2-1-3-7-11/h1-9,13H. The summed E-state index contributed by atoms with van der Waals surface area (Å²) in [6, 6.07) is 17.0. The average molecular weight is 246 g/mol. The van der Waals surface area contributed by atoms with Gasteiger partial charge in [-0.05, 0) is 30.3 Å². The first kappa shape index (κ1) is 11.5. The summed E-state index contributed by atoms with van der Waals surface area (Å²) < 4.78 is 0. The van der Waals surface area contributed by atoms with Gasteiger partial charge in [-0.1, -0.05) is 36.0 Å². The van der Waals surface area contributed by atoms with Crippen molar-refractivity contribution >= 4 is 17.4 Å². The minimum atomic E-state index is -0.563. The lowest BCUT2D eigenvalue weighted by Gasteiger charge is -2.03. The Balaban J connectivity index is 2.14. The van der Waals surface area contributed by atoms with Gasteiger partial charge in [-0.3, -0.25) is 0 Å². The van der Waals surface area contributed by atoms with Crippen LogP contribution in [-0.4, -0.2) is 5.03 Å². The summed E-state index contributed by atoms with van der Waals surface area (Å²) in [4.78, 5) is 12.4. The molecule has 86 valence electrons. The highest BCUT2D eigenvalue weighted by atomic mass is 32.2. The minimum absolute atomic E-state index is 0.482. The summed E-state index contributed by atoms with van der Waals surface area (Å²) in [6.07, 6.45) is 0. The molecule has 0 saturated heterocycles. The number of nitrogens with zero attached hydrogens (tertiary/aromatic N) is 1. The lowest BCUT2D eigenvalue weighted by Crippen LogP contribution is -2.07. The summed E-state index contributed by atoms with van der Waals surface area (Å²) in [6.45, 7) is 0. The normalized spacial score (nSPS) is 9.88. The van der Waals surface area contributed by atoms with Gasteiger partial charge in [-0.15, -0.1) is 5.43 Å². The van der Waals surface area contributed by atoms with Gasteiger partial charge in [0, 0.05) is 9.79 Å². The Kier molecular flexibility index (Phi) is 3.62. The predicted octanol–water partition coefficient (Wildman–Crippen LogP) is 3.44. The van der Waals surface area contributed by atoms with Gasteiger partial charge in [-0.2, -0.15) is 0 Å². The first-order chi connectivity index (χ1) is 8.24. The van der Waals surface area contributed by atoms with Crippen LogP contribution < -0.4 is 5.43 Å². The maximum atomic E-state index is 10.3. The van der Waals surface area contributed by atoms with Gasteiger partial charge in [0.2, 0.25) is 0 Å². The molecule has 0 amide bonds. The molecule has 0 aliphatic rings. The number of hydrazine groups is 1. The quantitative estimate of drug-likeness (QED) is 0.663. The molecular formula is C12H10N2O2S. The van der Waals surface area contributed by atoms with E-state index in [0.717, 1.165) is 9.79 Å². The number of nitro groups is 1. The van der Waals surface area contributed by atoms with Crippen LogP contribution >= 0.6 is 11.8 Å². The molecule has 2 aromatic carbocycles. The Bertz CT molecular complexity index is 517. The molecule has 0 aliphatic carbocycles. The molecule has 0 bridgehead atoms.